The molecule has 0 amide bonds. The third-order valence-corrected chi connectivity index (χ3v) is 13.7. The maximum absolute atomic E-state index is 10.5. The second-order valence-electron chi connectivity index (χ2n) is 18.6. The molecule has 82 heavy (non-hydrogen) atoms. The van der Waals surface area contributed by atoms with Gasteiger partial charge in [-0.2, -0.15) is 0 Å². The minimum absolute atomic E-state index is 0.109. The van der Waals surface area contributed by atoms with E-state index in [1.807, 2.05) is 59.7 Å². The predicted molar refractivity (Wildman–Crippen MR) is 291 cm³/mol. The molecule has 1 aromatic heterocycles. The number of esters is 8. The van der Waals surface area contributed by atoms with Gasteiger partial charge in [0.2, 0.25) is 27.2 Å². The number of pyridine rings is 1. The molecule has 1 aromatic rings. The summed E-state index contributed by atoms with van der Waals surface area (Å²) in [7, 11) is -13.9. The van der Waals surface area contributed by atoms with Gasteiger partial charge in [0.1, 0.15) is 47.6 Å². The number of hydrogen-bond donors (Lipinski definition) is 0. The molecule has 0 aliphatic heterocycles. The normalized spacial score (nSPS) is 21.1. The van der Waals surface area contributed by atoms with Crippen molar-refractivity contribution in [1.82, 2.24) is 4.98 Å². The molecule has 0 saturated heterocycles. The first-order valence-electron chi connectivity index (χ1n) is 27.3. The zero-order chi connectivity index (χ0) is 63.5. The number of rotatable bonds is 16. The lowest BCUT2D eigenvalue weighted by molar-refractivity contribution is -0.167. The van der Waals surface area contributed by atoms with Gasteiger partial charge in [-0.15, -0.1) is 0 Å². The highest BCUT2D eigenvalue weighted by atomic mass is 32.2. The van der Waals surface area contributed by atoms with Crippen LogP contribution in [-0.4, -0.2) is 136 Å². The van der Waals surface area contributed by atoms with Crippen molar-refractivity contribution in [2.75, 3.05) is 44.4 Å². The van der Waals surface area contributed by atoms with Crippen LogP contribution in [0.1, 0.15) is 166 Å². The smallest absolute Gasteiger partial charge is 0.322 e. The Kier molecular flexibility index (Phi) is 45.4. The average molecular weight is 1240 g/mol. The molecule has 0 unspecified atom stereocenters. The van der Waals surface area contributed by atoms with E-state index in [4.69, 9.17) is 0 Å². The molecule has 8 bridgehead atoms. The Morgan fingerprint density at radius 1 is 0.354 bits per heavy atom. The number of carbonyl (C=O) groups excluding carboxylic acids is 8. The molecule has 8 aliphatic rings. The van der Waals surface area contributed by atoms with Crippen LogP contribution in [0.15, 0.2) is 30.6 Å². The Balaban J connectivity index is -0.000000880. The predicted octanol–water partition coefficient (Wildman–Crippen LogP) is 6.46. The number of nitrogens with zero attached hydrogens (tertiary/aromatic N) is 1. The molecule has 0 radical (unpaired) electrons. The van der Waals surface area contributed by atoms with E-state index in [1.165, 1.54) is 61.2 Å². The maximum Gasteiger partial charge on any atom is 0.322 e. The van der Waals surface area contributed by atoms with Crippen molar-refractivity contribution in [3.05, 3.63) is 30.6 Å². The van der Waals surface area contributed by atoms with Gasteiger partial charge in [0.05, 0.1) is 0 Å². The molecule has 0 atom stereocenters. The molecule has 8 fully saturated rings. The molecule has 0 N–H and O–H groups in total. The highest BCUT2D eigenvalue weighted by Crippen LogP contribution is 2.54. The Morgan fingerprint density at radius 3 is 0.671 bits per heavy atom. The van der Waals surface area contributed by atoms with Crippen molar-refractivity contribution in [2.24, 2.45) is 47.3 Å². The molecule has 8 saturated carbocycles. The van der Waals surface area contributed by atoms with Crippen molar-refractivity contribution in [1.29, 1.82) is 0 Å². The minimum atomic E-state index is -4.64. The van der Waals surface area contributed by atoms with Gasteiger partial charge in [-0.25, -0.2) is 25.3 Å². The van der Waals surface area contributed by atoms with E-state index in [-0.39, 0.29) is 19.2 Å². The number of ether oxygens (including phenoxy) is 8. The lowest BCUT2D eigenvalue weighted by Gasteiger charge is -2.49. The topological polar surface area (TPSA) is 395 Å². The molecule has 476 valence electrons. The molecule has 9 rings (SSSR count). The summed E-state index contributed by atoms with van der Waals surface area (Å²) in [5.74, 6) is -0.931. The highest BCUT2D eigenvalue weighted by molar-refractivity contribution is 7.86. The molecule has 29 heteroatoms. The number of hydrogen-bond acceptors (Lipinski definition) is 26. The largest absolute Gasteiger partial charge is 0.748 e. The average Bonchev–Trinajstić information content (AvgIpc) is 3.46. The Labute approximate surface area is 484 Å². The standard InChI is InChI=1S/2C10H16.C6H10O7S.C6H10O4.C5H5N.2C5H8O7S.3C2H6/c2*1-7-2-9-4-8(1)5-10(3-7)6-9;1-2-5(7)12-4-13-6(8)3-14(9,10)11;1-3-6(8)10-4-9-5(2)7;1-2-4-6-5-3-1;2*1-4(6)11-3-12-5(7)2-13(8,9)10;3*1-2/h2*7-10H,1-6H2;2-4H2,1H3,(H,9,10,11);3-4H2,1-2H3;1-5H;2*2-3H2,1H3,(H,8,9,10);3*1-2H3/p-3. The summed E-state index contributed by atoms with van der Waals surface area (Å²) in [5, 5.41) is 0. The summed E-state index contributed by atoms with van der Waals surface area (Å²) in [6, 6.07) is 5.72. The van der Waals surface area contributed by atoms with Crippen LogP contribution in [-0.2, 0) is 107 Å². The van der Waals surface area contributed by atoms with Crippen LogP contribution < -0.4 is 0 Å². The SMILES string of the molecule is C1C2CC3CC1CC(C2)C3.C1C2CC3CC1CC(C2)C3.CC.CC.CC.CC(=O)OCOC(=O)CS(=O)(=O)[O-].CC(=O)OCOC(=O)CS(=O)(=O)[O-].CCC(=O)OCOC(=O)CS(=O)(=O)[O-].CCC(=O)OCOC(C)=O.c1ccncc1. The van der Waals surface area contributed by atoms with Crippen LogP contribution in [0.2, 0.25) is 0 Å². The molecule has 0 spiro atoms. The fourth-order valence-electron chi connectivity index (χ4n) is 9.74. The molecular weight excluding hydrogens is 1150 g/mol. The van der Waals surface area contributed by atoms with E-state index in [1.54, 1.807) is 96.4 Å². The number of aromatic nitrogens is 1. The Hall–Kier alpha value is -5.36. The number of carbonyl (C=O) groups is 8. The maximum atomic E-state index is 10.5. The van der Waals surface area contributed by atoms with Gasteiger partial charge in [-0.05, 0) is 137 Å². The van der Waals surface area contributed by atoms with Gasteiger partial charge in [0, 0.05) is 46.0 Å². The van der Waals surface area contributed by atoms with Crippen molar-refractivity contribution in [2.45, 2.75) is 166 Å². The first-order valence-corrected chi connectivity index (χ1v) is 32.0. The van der Waals surface area contributed by atoms with Crippen molar-refractivity contribution in [3.8, 4) is 0 Å². The quantitative estimate of drug-likeness (QED) is 0.0741. The monoisotopic (exact) mass is 1230 g/mol. The zero-order valence-electron chi connectivity index (χ0n) is 49.2. The lowest BCUT2D eigenvalue weighted by atomic mass is 9.56. The second-order valence-corrected chi connectivity index (χ2v) is 22.8. The van der Waals surface area contributed by atoms with Gasteiger partial charge >= 0.3 is 47.8 Å². The van der Waals surface area contributed by atoms with E-state index in [9.17, 15) is 77.3 Å². The van der Waals surface area contributed by atoms with Crippen molar-refractivity contribution >= 4 is 78.1 Å². The summed E-state index contributed by atoms with van der Waals surface area (Å²) in [4.78, 5) is 86.4. The minimum Gasteiger partial charge on any atom is -0.748 e. The summed E-state index contributed by atoms with van der Waals surface area (Å²) in [6.07, 6.45) is 23.2. The van der Waals surface area contributed by atoms with Crippen molar-refractivity contribution in [3.63, 3.8) is 0 Å². The van der Waals surface area contributed by atoms with E-state index in [2.05, 4.69) is 42.9 Å². The molecule has 0 aromatic carbocycles. The van der Waals surface area contributed by atoms with Gasteiger partial charge in [0.25, 0.3) is 0 Å². The first-order chi connectivity index (χ1) is 38.4. The van der Waals surface area contributed by atoms with Crippen LogP contribution in [0.5, 0.6) is 0 Å². The van der Waals surface area contributed by atoms with Gasteiger partial charge < -0.3 is 51.6 Å². The van der Waals surface area contributed by atoms with Crippen LogP contribution in [0.25, 0.3) is 0 Å². The van der Waals surface area contributed by atoms with Crippen LogP contribution >= 0.6 is 0 Å². The summed E-state index contributed by atoms with van der Waals surface area (Å²) in [5.41, 5.74) is 0. The Bertz CT molecular complexity index is 2090. The third-order valence-electron chi connectivity index (χ3n) is 11.9. The van der Waals surface area contributed by atoms with E-state index in [0.717, 1.165) is 13.8 Å². The van der Waals surface area contributed by atoms with Crippen LogP contribution in [0, 0.1) is 47.3 Å². The molecule has 8 aliphatic carbocycles. The van der Waals surface area contributed by atoms with Crippen molar-refractivity contribution < 1.29 is 115 Å². The third kappa shape index (κ3) is 48.2. The van der Waals surface area contributed by atoms with Gasteiger partial charge in [0.15, 0.2) is 0 Å². The molecule has 26 nitrogen and oxygen atoms in total. The molecule has 1 heterocycles. The van der Waals surface area contributed by atoms with Crippen LogP contribution in [0.4, 0.5) is 0 Å². The lowest BCUT2D eigenvalue weighted by Crippen LogP contribution is -2.38. The fourth-order valence-corrected chi connectivity index (χ4v) is 10.9. The second kappa shape index (κ2) is 46.1. The Morgan fingerprint density at radius 2 is 0.537 bits per heavy atom. The van der Waals surface area contributed by atoms with E-state index >= 15 is 0 Å². The molecular formula is C53H88NO25S3-3. The summed E-state index contributed by atoms with van der Waals surface area (Å²) >= 11 is 0. The summed E-state index contributed by atoms with van der Waals surface area (Å²) < 4.78 is 124. The summed E-state index contributed by atoms with van der Waals surface area (Å²) in [6.45, 7) is 16.3. The van der Waals surface area contributed by atoms with Crippen LogP contribution in [0.3, 0.4) is 0 Å². The van der Waals surface area contributed by atoms with E-state index in [0.29, 0.717) is 6.42 Å². The van der Waals surface area contributed by atoms with Gasteiger partial charge in [-0.3, -0.25) is 43.3 Å². The fraction of sp³-hybridized carbons (Fsp3) is 0.755. The van der Waals surface area contributed by atoms with E-state index < -0.39 is 110 Å². The zero-order valence-corrected chi connectivity index (χ0v) is 51.7. The van der Waals surface area contributed by atoms with Gasteiger partial charge in [-0.1, -0.05) is 61.5 Å². The highest BCUT2D eigenvalue weighted by Gasteiger charge is 2.42. The first kappa shape index (κ1) is 80.9.